The van der Waals surface area contributed by atoms with Crippen LogP contribution in [0.1, 0.15) is 55.3 Å². The monoisotopic (exact) mass is 364 g/mol. The van der Waals surface area contributed by atoms with Crippen molar-refractivity contribution in [1.82, 2.24) is 15.8 Å². The second-order valence-corrected chi connectivity index (χ2v) is 6.39. The van der Waals surface area contributed by atoms with Crippen LogP contribution >= 0.6 is 0 Å². The Morgan fingerprint density at radius 3 is 2.58 bits per heavy atom. The molecule has 2 N–H and O–H groups in total. The fourth-order valence-electron chi connectivity index (χ4n) is 2.97. The number of hydrogen-bond acceptors (Lipinski definition) is 3. The van der Waals surface area contributed by atoms with Crippen molar-refractivity contribution in [3.05, 3.63) is 52.4 Å². The Hall–Kier alpha value is -2.44. The molecule has 2 atom stereocenters. The van der Waals surface area contributed by atoms with Crippen LogP contribution in [0.3, 0.4) is 0 Å². The third-order valence-corrected chi connectivity index (χ3v) is 4.23. The number of hydrogen-bond donors (Lipinski definition) is 2. The lowest BCUT2D eigenvalue weighted by Crippen LogP contribution is -2.39. The number of aromatic nitrogens is 1. The van der Waals surface area contributed by atoms with Crippen molar-refractivity contribution in [2.75, 3.05) is 13.1 Å². The molecule has 0 bridgehead atoms. The molecule has 0 amide bonds. The van der Waals surface area contributed by atoms with Gasteiger partial charge in [0.05, 0.1) is 11.7 Å². The molecule has 26 heavy (non-hydrogen) atoms. The summed E-state index contributed by atoms with van der Waals surface area (Å²) in [5.41, 5.74) is 2.31. The Balaban J connectivity index is 2.11. The summed E-state index contributed by atoms with van der Waals surface area (Å²) < 4.78 is 32.3. The summed E-state index contributed by atoms with van der Waals surface area (Å²) in [6.07, 6.45) is 0. The first-order valence-electron chi connectivity index (χ1n) is 8.76. The maximum Gasteiger partial charge on any atom is 0.191 e. The highest BCUT2D eigenvalue weighted by Gasteiger charge is 2.17. The normalized spacial score (nSPS) is 14.2. The first-order chi connectivity index (χ1) is 12.3. The van der Waals surface area contributed by atoms with Gasteiger partial charge < -0.3 is 15.2 Å². The Morgan fingerprint density at radius 2 is 2.00 bits per heavy atom. The molecule has 0 spiro atoms. The lowest BCUT2D eigenvalue weighted by molar-refractivity contribution is 0.391. The Morgan fingerprint density at radius 1 is 1.27 bits per heavy atom. The fourth-order valence-corrected chi connectivity index (χ4v) is 2.97. The molecule has 5 nitrogen and oxygen atoms in total. The minimum Gasteiger partial charge on any atom is -0.361 e. The predicted octanol–water partition coefficient (Wildman–Crippen LogP) is 3.99. The standard InChI is InChI=1S/C19H26F2N4O/c1-6-22-19(23-10-11(2)18-13(4)25-26-14(18)5)24-12(3)16-8-7-15(20)9-17(16)21/h7-9,11-12H,6,10H2,1-5H3,(H2,22,23,24). The number of aliphatic imine (C=N–C) groups is 1. The van der Waals surface area contributed by atoms with Gasteiger partial charge in [-0.25, -0.2) is 8.78 Å². The summed E-state index contributed by atoms with van der Waals surface area (Å²) >= 11 is 0. The average molecular weight is 364 g/mol. The van der Waals surface area contributed by atoms with Gasteiger partial charge in [-0.15, -0.1) is 0 Å². The number of nitrogens with zero attached hydrogens (tertiary/aromatic N) is 2. The molecule has 142 valence electrons. The lowest BCUT2D eigenvalue weighted by Gasteiger charge is -2.19. The van der Waals surface area contributed by atoms with Crippen molar-refractivity contribution in [3.8, 4) is 0 Å². The summed E-state index contributed by atoms with van der Waals surface area (Å²) in [6, 6.07) is 3.22. The number of halogens is 2. The van der Waals surface area contributed by atoms with Crippen LogP contribution in [0.4, 0.5) is 8.78 Å². The van der Waals surface area contributed by atoms with Crippen LogP contribution < -0.4 is 10.6 Å². The van der Waals surface area contributed by atoms with Crippen LogP contribution in [0.15, 0.2) is 27.7 Å². The van der Waals surface area contributed by atoms with E-state index in [0.717, 1.165) is 23.1 Å². The van der Waals surface area contributed by atoms with Crippen LogP contribution in [-0.4, -0.2) is 24.2 Å². The number of rotatable bonds is 6. The summed E-state index contributed by atoms with van der Waals surface area (Å²) in [4.78, 5) is 4.59. The largest absolute Gasteiger partial charge is 0.361 e. The molecule has 7 heteroatoms. The van der Waals surface area contributed by atoms with Gasteiger partial charge in [-0.05, 0) is 33.8 Å². The molecular formula is C19H26F2N4O. The van der Waals surface area contributed by atoms with E-state index in [1.54, 1.807) is 6.92 Å². The maximum atomic E-state index is 14.0. The van der Waals surface area contributed by atoms with Gasteiger partial charge in [0.15, 0.2) is 5.96 Å². The molecule has 1 aromatic heterocycles. The van der Waals surface area contributed by atoms with E-state index < -0.39 is 11.6 Å². The van der Waals surface area contributed by atoms with Crippen molar-refractivity contribution in [1.29, 1.82) is 0 Å². The van der Waals surface area contributed by atoms with Gasteiger partial charge in [0.2, 0.25) is 0 Å². The molecule has 0 aliphatic rings. The van der Waals surface area contributed by atoms with Crippen LogP contribution in [0.5, 0.6) is 0 Å². The minimum absolute atomic E-state index is 0.134. The molecule has 2 unspecified atom stereocenters. The number of aryl methyl sites for hydroxylation is 2. The van der Waals surface area contributed by atoms with Gasteiger partial charge in [0.1, 0.15) is 17.4 Å². The van der Waals surface area contributed by atoms with Crippen molar-refractivity contribution >= 4 is 5.96 Å². The van der Waals surface area contributed by atoms with Crippen LogP contribution in [0.2, 0.25) is 0 Å². The van der Waals surface area contributed by atoms with Crippen LogP contribution in [-0.2, 0) is 0 Å². The van der Waals surface area contributed by atoms with E-state index in [2.05, 4.69) is 27.7 Å². The minimum atomic E-state index is -0.590. The highest BCUT2D eigenvalue weighted by molar-refractivity contribution is 5.80. The van der Waals surface area contributed by atoms with E-state index >= 15 is 0 Å². The summed E-state index contributed by atoms with van der Waals surface area (Å²) in [5.74, 6) is 0.332. The second kappa shape index (κ2) is 8.78. The molecule has 0 saturated heterocycles. The molecule has 0 aliphatic carbocycles. The zero-order valence-corrected chi connectivity index (χ0v) is 15.9. The topological polar surface area (TPSA) is 62.5 Å². The van der Waals surface area contributed by atoms with E-state index in [1.807, 2.05) is 20.8 Å². The summed E-state index contributed by atoms with van der Waals surface area (Å²) in [6.45, 7) is 10.8. The summed E-state index contributed by atoms with van der Waals surface area (Å²) in [7, 11) is 0. The Bertz CT molecular complexity index is 753. The predicted molar refractivity (Wildman–Crippen MR) is 98.3 cm³/mol. The highest BCUT2D eigenvalue weighted by Crippen LogP contribution is 2.23. The third-order valence-electron chi connectivity index (χ3n) is 4.23. The van der Waals surface area contributed by atoms with E-state index in [4.69, 9.17) is 4.52 Å². The quantitative estimate of drug-likeness (QED) is 0.601. The molecule has 0 saturated carbocycles. The maximum absolute atomic E-state index is 14.0. The van der Waals surface area contributed by atoms with Crippen molar-refractivity contribution in [3.63, 3.8) is 0 Å². The number of nitrogens with one attached hydrogen (secondary N) is 2. The van der Waals surface area contributed by atoms with Gasteiger partial charge >= 0.3 is 0 Å². The van der Waals surface area contributed by atoms with Crippen LogP contribution in [0, 0.1) is 25.5 Å². The molecule has 2 aromatic rings. The van der Waals surface area contributed by atoms with E-state index in [0.29, 0.717) is 24.6 Å². The van der Waals surface area contributed by atoms with E-state index in [1.165, 1.54) is 12.1 Å². The van der Waals surface area contributed by atoms with Crippen molar-refractivity contribution in [2.24, 2.45) is 4.99 Å². The van der Waals surface area contributed by atoms with Gasteiger partial charge in [0, 0.05) is 36.2 Å². The molecule has 1 aromatic carbocycles. The molecule has 2 rings (SSSR count). The van der Waals surface area contributed by atoms with Gasteiger partial charge in [-0.3, -0.25) is 4.99 Å². The first kappa shape index (κ1) is 19.9. The number of guanidine groups is 1. The van der Waals surface area contributed by atoms with E-state index in [-0.39, 0.29) is 12.0 Å². The summed E-state index contributed by atoms with van der Waals surface area (Å²) in [5, 5.41) is 10.3. The highest BCUT2D eigenvalue weighted by atomic mass is 19.1. The number of benzene rings is 1. The fraction of sp³-hybridized carbons (Fsp3) is 0.474. The zero-order chi connectivity index (χ0) is 19.3. The van der Waals surface area contributed by atoms with Gasteiger partial charge in [0.25, 0.3) is 0 Å². The average Bonchev–Trinajstić information content (AvgIpc) is 2.91. The molecule has 1 heterocycles. The van der Waals surface area contributed by atoms with Crippen molar-refractivity contribution < 1.29 is 13.3 Å². The lowest BCUT2D eigenvalue weighted by atomic mass is 10.00. The molecule has 0 radical (unpaired) electrons. The van der Waals surface area contributed by atoms with Crippen molar-refractivity contribution in [2.45, 2.75) is 46.6 Å². The molecule has 0 aliphatic heterocycles. The zero-order valence-electron chi connectivity index (χ0n) is 15.9. The second-order valence-electron chi connectivity index (χ2n) is 6.39. The smallest absolute Gasteiger partial charge is 0.191 e. The van der Waals surface area contributed by atoms with Gasteiger partial charge in [-0.1, -0.05) is 18.1 Å². The Kier molecular flexibility index (Phi) is 6.71. The SMILES string of the molecule is CCNC(=NCC(C)c1c(C)noc1C)NC(C)c1ccc(F)cc1F. The third kappa shape index (κ3) is 4.80. The van der Waals surface area contributed by atoms with Gasteiger partial charge in [-0.2, -0.15) is 0 Å². The molecule has 0 fully saturated rings. The Labute approximate surface area is 152 Å². The molecular weight excluding hydrogens is 338 g/mol. The van der Waals surface area contributed by atoms with E-state index in [9.17, 15) is 8.78 Å². The first-order valence-corrected chi connectivity index (χ1v) is 8.76. The van der Waals surface area contributed by atoms with Crippen LogP contribution in [0.25, 0.3) is 0 Å².